The molecule has 0 saturated heterocycles. The highest BCUT2D eigenvalue weighted by Crippen LogP contribution is 2.28. The van der Waals surface area contributed by atoms with E-state index in [1.54, 1.807) is 48.5 Å². The molecule has 1 amide bonds. The fourth-order valence-corrected chi connectivity index (χ4v) is 5.10. The van der Waals surface area contributed by atoms with Gasteiger partial charge in [-0.25, -0.2) is 8.42 Å². The van der Waals surface area contributed by atoms with Crippen LogP contribution >= 0.6 is 0 Å². The fraction of sp³-hybridized carbons (Fsp3) is 0.321. The number of hydrogen-bond donors (Lipinski definition) is 1. The number of amides is 1. The van der Waals surface area contributed by atoms with Gasteiger partial charge in [0.05, 0.1) is 23.7 Å². The van der Waals surface area contributed by atoms with Gasteiger partial charge in [0, 0.05) is 6.07 Å². The minimum atomic E-state index is -4.00. The summed E-state index contributed by atoms with van der Waals surface area (Å²) in [7, 11) is -2.49. The van der Waals surface area contributed by atoms with E-state index in [1.807, 2.05) is 26.0 Å². The van der Waals surface area contributed by atoms with Crippen molar-refractivity contribution in [3.8, 4) is 5.75 Å². The molecule has 0 aliphatic carbocycles. The molecule has 0 aromatic heterocycles. The van der Waals surface area contributed by atoms with Gasteiger partial charge in [-0.2, -0.15) is 0 Å². The number of rotatable bonds is 8. The summed E-state index contributed by atoms with van der Waals surface area (Å²) in [5.41, 5.74) is 3.48. The summed E-state index contributed by atoms with van der Waals surface area (Å²) in [6, 6.07) is 21.1. The molecule has 0 bridgehead atoms. The Morgan fingerprint density at radius 3 is 2.20 bits per heavy atom. The number of methoxy groups -OCH3 is 1. The largest absolute Gasteiger partial charge is 0.497 e. The molecule has 3 aromatic carbocycles. The Kier molecular flexibility index (Phi) is 7.90. The van der Waals surface area contributed by atoms with Crippen LogP contribution in [0.5, 0.6) is 5.75 Å². The monoisotopic (exact) mass is 494 g/mol. The van der Waals surface area contributed by atoms with E-state index >= 15 is 0 Å². The first-order chi connectivity index (χ1) is 16.4. The molecule has 0 fully saturated rings. The molecule has 1 unspecified atom stereocenters. The average Bonchev–Trinajstić information content (AvgIpc) is 2.82. The van der Waals surface area contributed by atoms with E-state index in [2.05, 4.69) is 38.2 Å². The molecule has 0 aliphatic rings. The molecular formula is C28H34N2O4S. The first-order valence-electron chi connectivity index (χ1n) is 11.5. The maximum absolute atomic E-state index is 13.6. The van der Waals surface area contributed by atoms with Crippen molar-refractivity contribution in [1.29, 1.82) is 0 Å². The van der Waals surface area contributed by atoms with Crippen LogP contribution in [0.25, 0.3) is 0 Å². The fourth-order valence-electron chi connectivity index (χ4n) is 3.69. The normalized spacial score (nSPS) is 12.6. The second-order valence-corrected chi connectivity index (χ2v) is 11.5. The van der Waals surface area contributed by atoms with Gasteiger partial charge in [0.15, 0.2) is 0 Å². The molecule has 6 nitrogen and oxygen atoms in total. The number of carbonyl (C=O) groups excluding carboxylic acids is 1. The maximum Gasteiger partial charge on any atom is 0.264 e. The highest BCUT2D eigenvalue weighted by atomic mass is 32.2. The molecule has 35 heavy (non-hydrogen) atoms. The summed E-state index contributed by atoms with van der Waals surface area (Å²) in [5.74, 6) is 0.0928. The molecule has 0 heterocycles. The van der Waals surface area contributed by atoms with Crippen molar-refractivity contribution in [3.05, 3.63) is 89.5 Å². The van der Waals surface area contributed by atoms with Crippen molar-refractivity contribution < 1.29 is 17.9 Å². The van der Waals surface area contributed by atoms with E-state index < -0.39 is 15.9 Å². The van der Waals surface area contributed by atoms with E-state index in [4.69, 9.17) is 4.74 Å². The predicted octanol–water partition coefficient (Wildman–Crippen LogP) is 5.37. The quantitative estimate of drug-likeness (QED) is 0.457. The number of sulfonamides is 1. The Balaban J connectivity index is 1.87. The van der Waals surface area contributed by atoms with Gasteiger partial charge in [-0.1, -0.05) is 68.8 Å². The van der Waals surface area contributed by atoms with Gasteiger partial charge in [0.25, 0.3) is 10.0 Å². The van der Waals surface area contributed by atoms with Gasteiger partial charge in [-0.3, -0.25) is 9.10 Å². The van der Waals surface area contributed by atoms with Crippen LogP contribution in [-0.4, -0.2) is 28.0 Å². The van der Waals surface area contributed by atoms with E-state index in [1.165, 1.54) is 12.7 Å². The van der Waals surface area contributed by atoms with Gasteiger partial charge < -0.3 is 10.1 Å². The van der Waals surface area contributed by atoms with Crippen LogP contribution in [0.4, 0.5) is 5.69 Å². The average molecular weight is 495 g/mol. The molecule has 0 radical (unpaired) electrons. The second-order valence-electron chi connectivity index (χ2n) is 9.69. The van der Waals surface area contributed by atoms with E-state index in [0.29, 0.717) is 11.4 Å². The molecule has 1 N–H and O–H groups in total. The number of nitrogens with one attached hydrogen (secondary N) is 1. The van der Waals surface area contributed by atoms with Crippen molar-refractivity contribution in [2.45, 2.75) is 51.0 Å². The maximum atomic E-state index is 13.6. The summed E-state index contributed by atoms with van der Waals surface area (Å²) in [4.78, 5) is 13.2. The minimum absolute atomic E-state index is 0.0343. The van der Waals surface area contributed by atoms with Crippen molar-refractivity contribution in [2.24, 2.45) is 0 Å². The Morgan fingerprint density at radius 2 is 1.63 bits per heavy atom. The lowest BCUT2D eigenvalue weighted by molar-refractivity contribution is -0.120. The Hall–Kier alpha value is -3.32. The standard InChI is InChI=1S/C28H34N2O4S/c1-20-10-16-26(17-11-20)35(32,33)30(24-8-7-9-25(18-24)34-6)19-27(31)29-21(2)22-12-14-23(15-13-22)28(3,4)5/h7-18,21H,19H2,1-6H3,(H,29,31). The second kappa shape index (κ2) is 10.5. The van der Waals surface area contributed by atoms with E-state index in [0.717, 1.165) is 15.4 Å². The molecule has 7 heteroatoms. The molecule has 0 spiro atoms. The van der Waals surface area contributed by atoms with Crippen LogP contribution in [-0.2, 0) is 20.2 Å². The molecular weight excluding hydrogens is 460 g/mol. The summed E-state index contributed by atoms with van der Waals surface area (Å²) in [6.07, 6.45) is 0. The van der Waals surface area contributed by atoms with Crippen LogP contribution in [0, 0.1) is 6.92 Å². The van der Waals surface area contributed by atoms with Crippen LogP contribution in [0.3, 0.4) is 0 Å². The third kappa shape index (κ3) is 6.42. The van der Waals surface area contributed by atoms with Crippen LogP contribution in [0.1, 0.15) is 50.4 Å². The van der Waals surface area contributed by atoms with Gasteiger partial charge in [0.1, 0.15) is 12.3 Å². The van der Waals surface area contributed by atoms with Gasteiger partial charge in [-0.05, 0) is 54.7 Å². The molecule has 186 valence electrons. The highest BCUT2D eigenvalue weighted by Gasteiger charge is 2.28. The lowest BCUT2D eigenvalue weighted by Crippen LogP contribution is -2.41. The third-order valence-corrected chi connectivity index (χ3v) is 7.68. The smallest absolute Gasteiger partial charge is 0.264 e. The summed E-state index contributed by atoms with van der Waals surface area (Å²) in [5, 5.41) is 2.94. The van der Waals surface area contributed by atoms with Gasteiger partial charge in [-0.15, -0.1) is 0 Å². The predicted molar refractivity (Wildman–Crippen MR) is 140 cm³/mol. The minimum Gasteiger partial charge on any atom is -0.497 e. The van der Waals surface area contributed by atoms with E-state index in [9.17, 15) is 13.2 Å². The zero-order valence-corrected chi connectivity index (χ0v) is 22.0. The van der Waals surface area contributed by atoms with Crippen molar-refractivity contribution in [2.75, 3.05) is 18.0 Å². The van der Waals surface area contributed by atoms with Crippen molar-refractivity contribution in [3.63, 3.8) is 0 Å². The third-order valence-electron chi connectivity index (χ3n) is 5.89. The lowest BCUT2D eigenvalue weighted by Gasteiger charge is -2.26. The van der Waals surface area contributed by atoms with Crippen molar-refractivity contribution >= 4 is 21.6 Å². The van der Waals surface area contributed by atoms with Crippen LogP contribution in [0.2, 0.25) is 0 Å². The Bertz CT molecular complexity index is 1260. The first-order valence-corrected chi connectivity index (χ1v) is 13.0. The SMILES string of the molecule is COc1cccc(N(CC(=O)NC(C)c2ccc(C(C)(C)C)cc2)S(=O)(=O)c2ccc(C)cc2)c1. The first kappa shape index (κ1) is 26.3. The van der Waals surface area contributed by atoms with Gasteiger partial charge in [0.2, 0.25) is 5.91 Å². The lowest BCUT2D eigenvalue weighted by atomic mass is 9.86. The number of carbonyl (C=O) groups is 1. The number of aryl methyl sites for hydroxylation is 1. The highest BCUT2D eigenvalue weighted by molar-refractivity contribution is 7.92. The van der Waals surface area contributed by atoms with E-state index in [-0.39, 0.29) is 22.9 Å². The molecule has 3 rings (SSSR count). The summed E-state index contributed by atoms with van der Waals surface area (Å²) >= 11 is 0. The molecule has 3 aromatic rings. The molecule has 1 atom stereocenters. The zero-order chi connectivity index (χ0) is 25.8. The summed E-state index contributed by atoms with van der Waals surface area (Å²) < 4.78 is 33.5. The number of anilines is 1. The zero-order valence-electron chi connectivity index (χ0n) is 21.2. The number of hydrogen-bond acceptors (Lipinski definition) is 4. The van der Waals surface area contributed by atoms with Gasteiger partial charge >= 0.3 is 0 Å². The van der Waals surface area contributed by atoms with Crippen molar-refractivity contribution in [1.82, 2.24) is 5.32 Å². The van der Waals surface area contributed by atoms with Crippen LogP contribution in [0.15, 0.2) is 77.7 Å². The number of ether oxygens (including phenoxy) is 1. The number of nitrogens with zero attached hydrogens (tertiary/aromatic N) is 1. The topological polar surface area (TPSA) is 75.7 Å². The Morgan fingerprint density at radius 1 is 1.00 bits per heavy atom. The summed E-state index contributed by atoms with van der Waals surface area (Å²) in [6.45, 7) is 9.85. The van der Waals surface area contributed by atoms with Crippen LogP contribution < -0.4 is 14.4 Å². The number of benzene rings is 3. The molecule has 0 aliphatic heterocycles. The molecule has 0 saturated carbocycles. The Labute approximate surface area is 209 Å².